The van der Waals surface area contributed by atoms with Crippen molar-refractivity contribution in [3.05, 3.63) is 24.3 Å². The highest BCUT2D eigenvalue weighted by molar-refractivity contribution is 7.89. The van der Waals surface area contributed by atoms with Crippen LogP contribution in [0.3, 0.4) is 0 Å². The van der Waals surface area contributed by atoms with Crippen molar-refractivity contribution >= 4 is 15.7 Å². The molecule has 120 valence electrons. The first-order valence-electron chi connectivity index (χ1n) is 7.03. The molecular formula is C15H26N2O3S. The minimum absolute atomic E-state index is 0.256. The first-order valence-corrected chi connectivity index (χ1v) is 8.47. The van der Waals surface area contributed by atoms with Crippen molar-refractivity contribution < 1.29 is 13.5 Å². The van der Waals surface area contributed by atoms with E-state index in [-0.39, 0.29) is 4.90 Å². The number of rotatable bonds is 7. The summed E-state index contributed by atoms with van der Waals surface area (Å²) < 4.78 is 25.1. The second kappa shape index (κ2) is 6.77. The van der Waals surface area contributed by atoms with E-state index < -0.39 is 15.6 Å². The highest BCUT2D eigenvalue weighted by atomic mass is 32.2. The van der Waals surface area contributed by atoms with Gasteiger partial charge in [-0.1, -0.05) is 13.8 Å². The fourth-order valence-corrected chi connectivity index (χ4v) is 3.10. The second-order valence-electron chi connectivity index (χ2n) is 6.26. The molecule has 6 heteroatoms. The number of aliphatic hydroxyl groups is 1. The summed E-state index contributed by atoms with van der Waals surface area (Å²) in [4.78, 5) is 0.256. The molecule has 0 aliphatic carbocycles. The van der Waals surface area contributed by atoms with Gasteiger partial charge in [-0.25, -0.2) is 12.7 Å². The van der Waals surface area contributed by atoms with Crippen LogP contribution in [0.25, 0.3) is 0 Å². The van der Waals surface area contributed by atoms with Gasteiger partial charge in [0.05, 0.1) is 10.5 Å². The molecule has 1 aromatic rings. The number of benzene rings is 1. The Bertz CT molecular complexity index is 549. The van der Waals surface area contributed by atoms with E-state index in [0.29, 0.717) is 18.9 Å². The average Bonchev–Trinajstić information content (AvgIpc) is 2.35. The van der Waals surface area contributed by atoms with Gasteiger partial charge in [-0.2, -0.15) is 0 Å². The summed E-state index contributed by atoms with van der Waals surface area (Å²) in [5.41, 5.74) is -0.000491. The predicted octanol–water partition coefficient (Wildman–Crippen LogP) is 2.15. The molecule has 1 aromatic carbocycles. The Balaban J connectivity index is 2.72. The van der Waals surface area contributed by atoms with Crippen molar-refractivity contribution in [1.29, 1.82) is 0 Å². The Morgan fingerprint density at radius 2 is 1.76 bits per heavy atom. The topological polar surface area (TPSA) is 69.6 Å². The first-order chi connectivity index (χ1) is 9.54. The zero-order valence-corrected chi connectivity index (χ0v) is 14.2. The Hall–Kier alpha value is -1.11. The van der Waals surface area contributed by atoms with Gasteiger partial charge >= 0.3 is 0 Å². The molecule has 5 nitrogen and oxygen atoms in total. The van der Waals surface area contributed by atoms with Crippen LogP contribution in [0.2, 0.25) is 0 Å². The predicted molar refractivity (Wildman–Crippen MR) is 85.9 cm³/mol. The molecular weight excluding hydrogens is 288 g/mol. The molecule has 0 aliphatic rings. The fourth-order valence-electron chi connectivity index (χ4n) is 2.20. The molecule has 0 aliphatic heterocycles. The van der Waals surface area contributed by atoms with Gasteiger partial charge in [0.15, 0.2) is 0 Å². The molecule has 0 amide bonds. The molecule has 0 saturated heterocycles. The van der Waals surface area contributed by atoms with Crippen LogP contribution in [-0.4, -0.2) is 44.1 Å². The summed E-state index contributed by atoms with van der Waals surface area (Å²) in [5.74, 6) is 0.411. The van der Waals surface area contributed by atoms with E-state index in [0.717, 1.165) is 5.69 Å². The highest BCUT2D eigenvalue weighted by Crippen LogP contribution is 2.19. The first kappa shape index (κ1) is 17.9. The summed E-state index contributed by atoms with van der Waals surface area (Å²) in [5, 5.41) is 13.4. The van der Waals surface area contributed by atoms with Gasteiger partial charge in [0.2, 0.25) is 10.0 Å². The Morgan fingerprint density at radius 1 is 1.24 bits per heavy atom. The molecule has 0 radical (unpaired) electrons. The number of hydrogen-bond acceptors (Lipinski definition) is 4. The van der Waals surface area contributed by atoms with Gasteiger partial charge in [-0.15, -0.1) is 0 Å². The lowest BCUT2D eigenvalue weighted by Gasteiger charge is -2.26. The lowest BCUT2D eigenvalue weighted by Crippen LogP contribution is -2.34. The van der Waals surface area contributed by atoms with E-state index in [1.807, 2.05) is 0 Å². The van der Waals surface area contributed by atoms with Crippen LogP contribution in [0.4, 0.5) is 5.69 Å². The third kappa shape index (κ3) is 5.30. The third-order valence-electron chi connectivity index (χ3n) is 3.15. The van der Waals surface area contributed by atoms with Crippen molar-refractivity contribution in [2.45, 2.75) is 37.7 Å². The maximum Gasteiger partial charge on any atom is 0.242 e. The largest absolute Gasteiger partial charge is 0.388 e. The van der Waals surface area contributed by atoms with Crippen molar-refractivity contribution in [3.8, 4) is 0 Å². The fraction of sp³-hybridized carbons (Fsp3) is 0.600. The lowest BCUT2D eigenvalue weighted by molar-refractivity contribution is 0.0515. The molecule has 0 aromatic heterocycles. The van der Waals surface area contributed by atoms with Gasteiger partial charge in [0.25, 0.3) is 0 Å². The van der Waals surface area contributed by atoms with Crippen molar-refractivity contribution in [3.63, 3.8) is 0 Å². The molecule has 0 bridgehead atoms. The van der Waals surface area contributed by atoms with Gasteiger partial charge in [-0.05, 0) is 43.5 Å². The lowest BCUT2D eigenvalue weighted by atomic mass is 9.94. The van der Waals surface area contributed by atoms with E-state index in [9.17, 15) is 13.5 Å². The molecule has 2 N–H and O–H groups in total. The summed E-state index contributed by atoms with van der Waals surface area (Å²) in [6, 6.07) is 6.55. The van der Waals surface area contributed by atoms with Crippen molar-refractivity contribution in [2.75, 3.05) is 26.0 Å². The monoisotopic (exact) mass is 314 g/mol. The van der Waals surface area contributed by atoms with Gasteiger partial charge in [0, 0.05) is 26.3 Å². The van der Waals surface area contributed by atoms with Gasteiger partial charge in [-0.3, -0.25) is 0 Å². The van der Waals surface area contributed by atoms with Crippen LogP contribution in [0.15, 0.2) is 29.2 Å². The molecule has 21 heavy (non-hydrogen) atoms. The van der Waals surface area contributed by atoms with Gasteiger partial charge in [0.1, 0.15) is 0 Å². The summed E-state index contributed by atoms with van der Waals surface area (Å²) in [6.45, 7) is 6.35. The Labute approximate surface area is 128 Å². The van der Waals surface area contributed by atoms with Crippen LogP contribution in [-0.2, 0) is 10.0 Å². The van der Waals surface area contributed by atoms with E-state index in [1.165, 1.54) is 18.4 Å². The number of hydrogen-bond donors (Lipinski definition) is 2. The number of nitrogens with zero attached hydrogens (tertiary/aromatic N) is 1. The zero-order chi connectivity index (χ0) is 16.3. The van der Waals surface area contributed by atoms with Crippen LogP contribution in [0, 0.1) is 5.92 Å². The van der Waals surface area contributed by atoms with E-state index >= 15 is 0 Å². The highest BCUT2D eigenvalue weighted by Gasteiger charge is 2.21. The number of anilines is 1. The normalized spacial score (nSPS) is 15.2. The van der Waals surface area contributed by atoms with E-state index in [4.69, 9.17) is 0 Å². The van der Waals surface area contributed by atoms with E-state index in [1.54, 1.807) is 31.2 Å². The van der Waals surface area contributed by atoms with E-state index in [2.05, 4.69) is 19.2 Å². The number of nitrogens with one attached hydrogen (secondary N) is 1. The molecule has 1 rings (SSSR count). The average molecular weight is 314 g/mol. The van der Waals surface area contributed by atoms with Crippen molar-refractivity contribution in [2.24, 2.45) is 5.92 Å². The SMILES string of the molecule is CC(C)CC(C)(O)CNc1ccc(S(=O)(=O)N(C)C)cc1. The Kier molecular flexibility index (Phi) is 5.78. The molecule has 1 atom stereocenters. The minimum Gasteiger partial charge on any atom is -0.388 e. The molecule has 1 unspecified atom stereocenters. The zero-order valence-electron chi connectivity index (χ0n) is 13.4. The maximum absolute atomic E-state index is 11.9. The molecule has 0 spiro atoms. The minimum atomic E-state index is -3.40. The summed E-state index contributed by atoms with van der Waals surface area (Å²) in [6.07, 6.45) is 0.701. The van der Waals surface area contributed by atoms with Crippen molar-refractivity contribution in [1.82, 2.24) is 4.31 Å². The van der Waals surface area contributed by atoms with Crippen LogP contribution < -0.4 is 5.32 Å². The van der Waals surface area contributed by atoms with Crippen LogP contribution in [0.5, 0.6) is 0 Å². The molecule has 0 fully saturated rings. The van der Waals surface area contributed by atoms with Gasteiger partial charge < -0.3 is 10.4 Å². The molecule has 0 saturated carbocycles. The molecule has 0 heterocycles. The van der Waals surface area contributed by atoms with Crippen LogP contribution >= 0.6 is 0 Å². The maximum atomic E-state index is 11.9. The quantitative estimate of drug-likeness (QED) is 0.809. The second-order valence-corrected chi connectivity index (χ2v) is 8.41. The number of sulfonamides is 1. The Morgan fingerprint density at radius 3 is 2.19 bits per heavy atom. The standard InChI is InChI=1S/C15H26N2O3S/c1-12(2)10-15(3,18)11-16-13-6-8-14(9-7-13)21(19,20)17(4)5/h6-9,12,16,18H,10-11H2,1-5H3. The summed E-state index contributed by atoms with van der Waals surface area (Å²) >= 11 is 0. The summed E-state index contributed by atoms with van der Waals surface area (Å²) in [7, 11) is -0.388. The third-order valence-corrected chi connectivity index (χ3v) is 4.98. The van der Waals surface area contributed by atoms with Crippen LogP contribution in [0.1, 0.15) is 27.2 Å². The smallest absolute Gasteiger partial charge is 0.242 e.